The Morgan fingerprint density at radius 2 is 1.50 bits per heavy atom. The van der Waals surface area contributed by atoms with Crippen LogP contribution in [-0.2, 0) is 0 Å². The monoisotopic (exact) mass is 359 g/mol. The first kappa shape index (κ1) is 19.0. The van der Waals surface area contributed by atoms with Crippen molar-refractivity contribution in [1.29, 1.82) is 0 Å². The highest BCUT2D eigenvalue weighted by atomic mass is 19.1. The van der Waals surface area contributed by atoms with E-state index in [9.17, 15) is 24.1 Å². The third kappa shape index (κ3) is 4.62. The molecule has 0 saturated carbocycles. The zero-order valence-corrected chi connectivity index (χ0v) is 14.3. The van der Waals surface area contributed by atoms with Crippen molar-refractivity contribution >= 4 is 17.5 Å². The van der Waals surface area contributed by atoms with Crippen LogP contribution in [0.5, 0.6) is 0 Å². The standard InChI is InChI=1S/C18H18FN3O4/c1-11-3-4-14(10-15(11)19)18(24)21-8-7-20-17(23)13-5-6-16(22(25)26)12(2)9-13/h3-6,9-10H,7-8H2,1-2H3,(H,20,23)(H,21,24). The normalized spacial score (nSPS) is 10.3. The SMILES string of the molecule is Cc1ccc(C(=O)NCCNC(=O)c2ccc([N+](=O)[O-])c(C)c2)cc1F. The second-order valence-corrected chi connectivity index (χ2v) is 5.73. The number of rotatable bonds is 6. The second-order valence-electron chi connectivity index (χ2n) is 5.73. The summed E-state index contributed by atoms with van der Waals surface area (Å²) in [5.74, 6) is -1.30. The molecule has 2 N–H and O–H groups in total. The molecule has 0 aliphatic carbocycles. The van der Waals surface area contributed by atoms with Gasteiger partial charge in [0.15, 0.2) is 0 Å². The van der Waals surface area contributed by atoms with E-state index in [1.807, 2.05) is 0 Å². The van der Waals surface area contributed by atoms with Gasteiger partial charge in [-0.3, -0.25) is 19.7 Å². The molecule has 26 heavy (non-hydrogen) atoms. The van der Waals surface area contributed by atoms with Crippen LogP contribution in [0.4, 0.5) is 10.1 Å². The topological polar surface area (TPSA) is 101 Å². The van der Waals surface area contributed by atoms with Gasteiger partial charge in [-0.1, -0.05) is 6.07 Å². The molecule has 8 heteroatoms. The summed E-state index contributed by atoms with van der Waals surface area (Å²) in [6, 6.07) is 8.27. The van der Waals surface area contributed by atoms with Crippen molar-refractivity contribution in [2.24, 2.45) is 0 Å². The summed E-state index contributed by atoms with van der Waals surface area (Å²) < 4.78 is 13.5. The van der Waals surface area contributed by atoms with E-state index >= 15 is 0 Å². The molecule has 0 unspecified atom stereocenters. The van der Waals surface area contributed by atoms with Crippen molar-refractivity contribution in [3.05, 3.63) is 74.6 Å². The van der Waals surface area contributed by atoms with Crippen LogP contribution >= 0.6 is 0 Å². The number of nitrogens with one attached hydrogen (secondary N) is 2. The van der Waals surface area contributed by atoms with Gasteiger partial charge in [0.1, 0.15) is 5.82 Å². The Labute approximate surface area is 149 Å². The van der Waals surface area contributed by atoms with Gasteiger partial charge in [-0.15, -0.1) is 0 Å². The van der Waals surface area contributed by atoms with Crippen LogP contribution < -0.4 is 10.6 Å². The lowest BCUT2D eigenvalue weighted by Gasteiger charge is -2.08. The molecule has 0 spiro atoms. The smallest absolute Gasteiger partial charge is 0.272 e. The molecule has 2 aromatic rings. The Hall–Kier alpha value is -3.29. The lowest BCUT2D eigenvalue weighted by Crippen LogP contribution is -2.34. The summed E-state index contributed by atoms with van der Waals surface area (Å²) in [5, 5.41) is 16.0. The van der Waals surface area contributed by atoms with Crippen LogP contribution in [-0.4, -0.2) is 29.8 Å². The van der Waals surface area contributed by atoms with E-state index in [4.69, 9.17) is 0 Å². The van der Waals surface area contributed by atoms with Gasteiger partial charge < -0.3 is 10.6 Å². The summed E-state index contributed by atoms with van der Waals surface area (Å²) in [6.07, 6.45) is 0. The van der Waals surface area contributed by atoms with Gasteiger partial charge in [0.25, 0.3) is 17.5 Å². The lowest BCUT2D eigenvalue weighted by atomic mass is 10.1. The first-order chi connectivity index (χ1) is 12.3. The van der Waals surface area contributed by atoms with E-state index < -0.39 is 22.6 Å². The number of nitro groups is 1. The van der Waals surface area contributed by atoms with Crippen molar-refractivity contribution in [3.8, 4) is 0 Å². The molecule has 0 saturated heterocycles. The average Bonchev–Trinajstić information content (AvgIpc) is 2.60. The summed E-state index contributed by atoms with van der Waals surface area (Å²) in [7, 11) is 0. The number of aryl methyl sites for hydroxylation is 2. The zero-order chi connectivity index (χ0) is 19.3. The van der Waals surface area contributed by atoms with Gasteiger partial charge in [0, 0.05) is 35.8 Å². The highest BCUT2D eigenvalue weighted by Crippen LogP contribution is 2.18. The Morgan fingerprint density at radius 1 is 0.962 bits per heavy atom. The minimum Gasteiger partial charge on any atom is -0.350 e. The number of amides is 2. The van der Waals surface area contributed by atoms with Gasteiger partial charge in [-0.2, -0.15) is 0 Å². The van der Waals surface area contributed by atoms with E-state index in [-0.39, 0.29) is 24.3 Å². The van der Waals surface area contributed by atoms with Crippen LogP contribution in [0.25, 0.3) is 0 Å². The molecule has 0 aromatic heterocycles. The zero-order valence-electron chi connectivity index (χ0n) is 14.3. The Kier molecular flexibility index (Phi) is 6.00. The molecule has 0 bridgehead atoms. The molecule has 0 aliphatic rings. The van der Waals surface area contributed by atoms with Crippen molar-refractivity contribution in [2.45, 2.75) is 13.8 Å². The molecular weight excluding hydrogens is 341 g/mol. The number of carbonyl (C=O) groups is 2. The molecule has 0 radical (unpaired) electrons. The number of nitrogens with zero attached hydrogens (tertiary/aromatic N) is 1. The van der Waals surface area contributed by atoms with E-state index in [1.165, 1.54) is 30.3 Å². The fourth-order valence-electron chi connectivity index (χ4n) is 2.29. The summed E-state index contributed by atoms with van der Waals surface area (Å²) in [4.78, 5) is 34.2. The van der Waals surface area contributed by atoms with Gasteiger partial charge in [-0.05, 0) is 43.7 Å². The molecule has 136 valence electrons. The number of benzene rings is 2. The van der Waals surface area contributed by atoms with Crippen molar-refractivity contribution in [1.82, 2.24) is 10.6 Å². The highest BCUT2D eigenvalue weighted by molar-refractivity contribution is 5.95. The van der Waals surface area contributed by atoms with Gasteiger partial charge in [0.2, 0.25) is 0 Å². The van der Waals surface area contributed by atoms with Crippen LogP contribution in [0.2, 0.25) is 0 Å². The van der Waals surface area contributed by atoms with Crippen LogP contribution in [0.1, 0.15) is 31.8 Å². The fraction of sp³-hybridized carbons (Fsp3) is 0.222. The molecule has 0 heterocycles. The number of halogens is 1. The number of nitro benzene ring substituents is 1. The quantitative estimate of drug-likeness (QED) is 0.470. The molecule has 0 fully saturated rings. The summed E-state index contributed by atoms with van der Waals surface area (Å²) >= 11 is 0. The van der Waals surface area contributed by atoms with E-state index in [1.54, 1.807) is 13.8 Å². The van der Waals surface area contributed by atoms with Crippen molar-refractivity contribution in [3.63, 3.8) is 0 Å². The van der Waals surface area contributed by atoms with Gasteiger partial charge in [0.05, 0.1) is 4.92 Å². The molecule has 7 nitrogen and oxygen atoms in total. The van der Waals surface area contributed by atoms with Crippen molar-refractivity contribution in [2.75, 3.05) is 13.1 Å². The molecule has 0 aliphatic heterocycles. The first-order valence-electron chi connectivity index (χ1n) is 7.87. The maximum atomic E-state index is 13.5. The molecule has 0 atom stereocenters. The Bertz CT molecular complexity index is 868. The van der Waals surface area contributed by atoms with E-state index in [0.29, 0.717) is 16.7 Å². The minimum absolute atomic E-state index is 0.0563. The maximum Gasteiger partial charge on any atom is 0.272 e. The predicted molar refractivity (Wildman–Crippen MR) is 93.6 cm³/mol. The first-order valence-corrected chi connectivity index (χ1v) is 7.87. The van der Waals surface area contributed by atoms with Crippen LogP contribution in [0.15, 0.2) is 36.4 Å². The molecule has 2 aromatic carbocycles. The number of hydrogen-bond donors (Lipinski definition) is 2. The van der Waals surface area contributed by atoms with Gasteiger partial charge >= 0.3 is 0 Å². The number of carbonyl (C=O) groups excluding carboxylic acids is 2. The van der Waals surface area contributed by atoms with E-state index in [0.717, 1.165) is 6.07 Å². The maximum absolute atomic E-state index is 13.5. The summed E-state index contributed by atoms with van der Waals surface area (Å²) in [6.45, 7) is 3.48. The Balaban J connectivity index is 1.84. The third-order valence-electron chi connectivity index (χ3n) is 3.79. The third-order valence-corrected chi connectivity index (χ3v) is 3.79. The lowest BCUT2D eigenvalue weighted by molar-refractivity contribution is -0.385. The predicted octanol–water partition coefficient (Wildman–Crippen LogP) is 2.51. The fourth-order valence-corrected chi connectivity index (χ4v) is 2.29. The largest absolute Gasteiger partial charge is 0.350 e. The Morgan fingerprint density at radius 3 is 2.00 bits per heavy atom. The summed E-state index contributed by atoms with van der Waals surface area (Å²) in [5.41, 5.74) is 1.27. The molecular formula is C18H18FN3O4. The second kappa shape index (κ2) is 8.19. The van der Waals surface area contributed by atoms with E-state index in [2.05, 4.69) is 10.6 Å². The van der Waals surface area contributed by atoms with Crippen LogP contribution in [0, 0.1) is 29.8 Å². The average molecular weight is 359 g/mol. The molecule has 2 amide bonds. The number of hydrogen-bond acceptors (Lipinski definition) is 4. The minimum atomic E-state index is -0.513. The van der Waals surface area contributed by atoms with Crippen molar-refractivity contribution < 1.29 is 18.9 Å². The van der Waals surface area contributed by atoms with Crippen LogP contribution in [0.3, 0.4) is 0 Å². The van der Waals surface area contributed by atoms with Gasteiger partial charge in [-0.25, -0.2) is 4.39 Å². The highest BCUT2D eigenvalue weighted by Gasteiger charge is 2.13. The molecule has 2 rings (SSSR count).